The number of ether oxygens (including phenoxy) is 2. The van der Waals surface area contributed by atoms with E-state index in [0.717, 1.165) is 67.4 Å². The van der Waals surface area contributed by atoms with Gasteiger partial charge < -0.3 is 19.7 Å². The molecule has 0 radical (unpaired) electrons. The zero-order valence-corrected chi connectivity index (χ0v) is 25.2. The fraction of sp³-hybridized carbons (Fsp3) is 0.576. The highest BCUT2D eigenvalue weighted by Crippen LogP contribution is 2.33. The maximum Gasteiger partial charge on any atom is 0.226 e. The number of methoxy groups -OCH3 is 1. The largest absolute Gasteiger partial charge is 0.493 e. The molecular formula is C33H49N5O3. The van der Waals surface area contributed by atoms with Gasteiger partial charge in [-0.25, -0.2) is 0 Å². The standard InChI is InChI=1S/C33H49N5O3/c1-37(2)29-16-19-38(20-17-29)24-27-7-11-28(12-8-27)30-13-9-26(23-31(30)41-22-4-21-40-3)10-14-32(39)36-33(34)35-18-15-25-5-6-25/h7-9,11-13,23,25,29H,4-6,10,14-22,24H2,1-3H3,(H3,34,35,36,39). The van der Waals surface area contributed by atoms with Crippen molar-refractivity contribution in [2.75, 3.05) is 54.1 Å². The molecule has 1 saturated heterocycles. The van der Waals surface area contributed by atoms with E-state index in [2.05, 4.69) is 77.0 Å². The molecule has 224 valence electrons. The summed E-state index contributed by atoms with van der Waals surface area (Å²) in [6.07, 6.45) is 7.80. The van der Waals surface area contributed by atoms with Gasteiger partial charge in [0, 0.05) is 51.3 Å². The second kappa shape index (κ2) is 15.9. The first kappa shape index (κ1) is 31.0. The van der Waals surface area contributed by atoms with Crippen LogP contribution in [0.25, 0.3) is 11.1 Å². The van der Waals surface area contributed by atoms with Crippen LogP contribution in [0.4, 0.5) is 0 Å². The topological polar surface area (TPSA) is 89.9 Å². The zero-order valence-electron chi connectivity index (χ0n) is 25.2. The highest BCUT2D eigenvalue weighted by atomic mass is 16.5. The summed E-state index contributed by atoms with van der Waals surface area (Å²) in [5, 5.41) is 13.6. The Kier molecular flexibility index (Phi) is 12.0. The van der Waals surface area contributed by atoms with Crippen molar-refractivity contribution in [3.63, 3.8) is 0 Å². The summed E-state index contributed by atoms with van der Waals surface area (Å²) in [5.41, 5.74) is 4.54. The van der Waals surface area contributed by atoms with Crippen LogP contribution in [-0.2, 0) is 22.5 Å². The van der Waals surface area contributed by atoms with Gasteiger partial charge >= 0.3 is 0 Å². The van der Waals surface area contributed by atoms with Gasteiger partial charge in [-0.3, -0.25) is 20.4 Å². The SMILES string of the molecule is COCCCOc1cc(CCC(=O)NC(=N)NCCC2CC2)ccc1-c1ccc(CN2CCC(N(C)C)CC2)cc1. The number of benzene rings is 2. The molecule has 41 heavy (non-hydrogen) atoms. The Balaban J connectivity index is 1.33. The van der Waals surface area contributed by atoms with E-state index in [4.69, 9.17) is 14.9 Å². The minimum absolute atomic E-state index is 0.0923. The number of likely N-dealkylation sites (tertiary alicyclic amines) is 1. The molecule has 8 nitrogen and oxygen atoms in total. The van der Waals surface area contributed by atoms with Crippen molar-refractivity contribution >= 4 is 11.9 Å². The van der Waals surface area contributed by atoms with Crippen molar-refractivity contribution in [3.05, 3.63) is 53.6 Å². The molecule has 0 atom stereocenters. The Bertz CT molecular complexity index is 1110. The quantitative estimate of drug-likeness (QED) is 0.166. The minimum atomic E-state index is -0.151. The lowest BCUT2D eigenvalue weighted by Gasteiger charge is -2.35. The average molecular weight is 564 g/mol. The molecular weight excluding hydrogens is 514 g/mol. The van der Waals surface area contributed by atoms with E-state index in [1.54, 1.807) is 7.11 Å². The van der Waals surface area contributed by atoms with E-state index in [1.165, 1.54) is 31.2 Å². The van der Waals surface area contributed by atoms with Gasteiger partial charge in [0.15, 0.2) is 5.96 Å². The lowest BCUT2D eigenvalue weighted by molar-refractivity contribution is -0.119. The van der Waals surface area contributed by atoms with Gasteiger partial charge in [-0.2, -0.15) is 0 Å². The predicted molar refractivity (Wildman–Crippen MR) is 165 cm³/mol. The number of hydrogen-bond acceptors (Lipinski definition) is 6. The minimum Gasteiger partial charge on any atom is -0.493 e. The van der Waals surface area contributed by atoms with Gasteiger partial charge in [-0.05, 0) is 81.5 Å². The maximum absolute atomic E-state index is 12.4. The Morgan fingerprint density at radius 3 is 2.44 bits per heavy atom. The molecule has 0 bridgehead atoms. The monoisotopic (exact) mass is 563 g/mol. The Morgan fingerprint density at radius 1 is 1.02 bits per heavy atom. The number of aryl methyl sites for hydroxylation is 1. The summed E-state index contributed by atoms with van der Waals surface area (Å²) < 4.78 is 11.4. The fourth-order valence-corrected chi connectivity index (χ4v) is 5.42. The molecule has 2 aromatic carbocycles. The van der Waals surface area contributed by atoms with Gasteiger partial charge in [0.2, 0.25) is 5.91 Å². The van der Waals surface area contributed by atoms with Crippen LogP contribution in [0.2, 0.25) is 0 Å². The van der Waals surface area contributed by atoms with Crippen LogP contribution >= 0.6 is 0 Å². The Morgan fingerprint density at radius 2 is 1.76 bits per heavy atom. The molecule has 4 rings (SSSR count). The number of carbonyl (C=O) groups is 1. The third kappa shape index (κ3) is 10.4. The first-order valence-corrected chi connectivity index (χ1v) is 15.3. The van der Waals surface area contributed by atoms with E-state index in [9.17, 15) is 4.79 Å². The molecule has 8 heteroatoms. The van der Waals surface area contributed by atoms with Gasteiger partial charge in [0.25, 0.3) is 0 Å². The molecule has 1 aliphatic heterocycles. The third-order valence-electron chi connectivity index (χ3n) is 8.21. The Hall–Kier alpha value is -2.94. The molecule has 2 aromatic rings. The highest BCUT2D eigenvalue weighted by Gasteiger charge is 2.21. The first-order valence-electron chi connectivity index (χ1n) is 15.3. The van der Waals surface area contributed by atoms with Crippen molar-refractivity contribution in [2.45, 2.75) is 64.0 Å². The lowest BCUT2D eigenvalue weighted by atomic mass is 9.99. The summed E-state index contributed by atoms with van der Waals surface area (Å²) >= 11 is 0. The zero-order chi connectivity index (χ0) is 29.0. The number of hydrogen-bond donors (Lipinski definition) is 3. The van der Waals surface area contributed by atoms with Crippen molar-refractivity contribution < 1.29 is 14.3 Å². The van der Waals surface area contributed by atoms with Crippen LogP contribution in [0.15, 0.2) is 42.5 Å². The van der Waals surface area contributed by atoms with Crippen LogP contribution in [0, 0.1) is 11.3 Å². The second-order valence-corrected chi connectivity index (χ2v) is 11.8. The summed E-state index contributed by atoms with van der Waals surface area (Å²) in [6, 6.07) is 15.8. The molecule has 2 aliphatic rings. The summed E-state index contributed by atoms with van der Waals surface area (Å²) in [4.78, 5) is 17.3. The number of amides is 1. The molecule has 0 aromatic heterocycles. The molecule has 0 spiro atoms. The molecule has 1 heterocycles. The van der Waals surface area contributed by atoms with E-state index < -0.39 is 0 Å². The van der Waals surface area contributed by atoms with Crippen LogP contribution in [0.1, 0.15) is 56.1 Å². The Labute approximate surface area is 246 Å². The van der Waals surface area contributed by atoms with Crippen LogP contribution < -0.4 is 15.4 Å². The number of nitrogens with one attached hydrogen (secondary N) is 3. The number of carbonyl (C=O) groups excluding carboxylic acids is 1. The maximum atomic E-state index is 12.4. The molecule has 0 unspecified atom stereocenters. The van der Waals surface area contributed by atoms with Gasteiger partial charge in [-0.15, -0.1) is 0 Å². The van der Waals surface area contributed by atoms with E-state index >= 15 is 0 Å². The van der Waals surface area contributed by atoms with Crippen molar-refractivity contribution in [3.8, 4) is 16.9 Å². The number of guanidine groups is 1. The third-order valence-corrected chi connectivity index (χ3v) is 8.21. The second-order valence-electron chi connectivity index (χ2n) is 11.8. The number of piperidine rings is 1. The molecule has 1 amide bonds. The number of nitrogens with zero attached hydrogens (tertiary/aromatic N) is 2. The molecule has 1 aliphatic carbocycles. The summed E-state index contributed by atoms with van der Waals surface area (Å²) in [6.45, 7) is 5.22. The first-order chi connectivity index (χ1) is 19.9. The van der Waals surface area contributed by atoms with Crippen molar-refractivity contribution in [1.29, 1.82) is 5.41 Å². The van der Waals surface area contributed by atoms with Crippen LogP contribution in [0.5, 0.6) is 5.75 Å². The van der Waals surface area contributed by atoms with E-state index in [-0.39, 0.29) is 11.9 Å². The van der Waals surface area contributed by atoms with Crippen molar-refractivity contribution in [2.24, 2.45) is 5.92 Å². The normalized spacial score (nSPS) is 16.1. The molecule has 3 N–H and O–H groups in total. The van der Waals surface area contributed by atoms with Crippen LogP contribution in [-0.4, -0.2) is 81.8 Å². The van der Waals surface area contributed by atoms with Crippen molar-refractivity contribution in [1.82, 2.24) is 20.4 Å². The molecule has 2 fully saturated rings. The van der Waals surface area contributed by atoms with Gasteiger partial charge in [0.1, 0.15) is 5.75 Å². The molecule has 1 saturated carbocycles. The fourth-order valence-electron chi connectivity index (χ4n) is 5.42. The predicted octanol–water partition coefficient (Wildman–Crippen LogP) is 4.67. The van der Waals surface area contributed by atoms with E-state index in [1.807, 2.05) is 0 Å². The lowest BCUT2D eigenvalue weighted by Crippen LogP contribution is -2.41. The van der Waals surface area contributed by atoms with Crippen LogP contribution in [0.3, 0.4) is 0 Å². The van der Waals surface area contributed by atoms with Gasteiger partial charge in [-0.1, -0.05) is 49.2 Å². The number of rotatable bonds is 15. The summed E-state index contributed by atoms with van der Waals surface area (Å²) in [5.74, 6) is 1.57. The highest BCUT2D eigenvalue weighted by molar-refractivity contribution is 5.95. The van der Waals surface area contributed by atoms with E-state index in [0.29, 0.717) is 32.1 Å². The smallest absolute Gasteiger partial charge is 0.226 e. The average Bonchev–Trinajstić information content (AvgIpc) is 3.80. The van der Waals surface area contributed by atoms with Gasteiger partial charge in [0.05, 0.1) is 6.61 Å². The summed E-state index contributed by atoms with van der Waals surface area (Å²) in [7, 11) is 6.06.